The van der Waals surface area contributed by atoms with Gasteiger partial charge in [0, 0.05) is 5.69 Å². The fourth-order valence-corrected chi connectivity index (χ4v) is 2.26. The van der Waals surface area contributed by atoms with E-state index in [9.17, 15) is 18.0 Å². The maximum absolute atomic E-state index is 12.9. The van der Waals surface area contributed by atoms with Crippen LogP contribution in [-0.2, 0) is 17.3 Å². The second-order valence-electron chi connectivity index (χ2n) is 6.72. The summed E-state index contributed by atoms with van der Waals surface area (Å²) in [6.07, 6.45) is -4.61. The minimum absolute atomic E-state index is 0.154. The number of hydrogen-bond donors (Lipinski definition) is 2. The summed E-state index contributed by atoms with van der Waals surface area (Å²) >= 11 is 0. The molecule has 2 N–H and O–H groups in total. The highest BCUT2D eigenvalue weighted by Gasteiger charge is 2.32. The van der Waals surface area contributed by atoms with Crippen molar-refractivity contribution in [1.82, 2.24) is 5.32 Å². The van der Waals surface area contributed by atoms with Crippen LogP contribution in [0, 0.1) is 5.92 Å². The van der Waals surface area contributed by atoms with Gasteiger partial charge in [-0.3, -0.25) is 5.32 Å². The van der Waals surface area contributed by atoms with E-state index in [2.05, 4.69) is 10.6 Å². The molecule has 2 rings (SSSR count). The summed E-state index contributed by atoms with van der Waals surface area (Å²) in [5.74, 6) is 0.367. The lowest BCUT2D eigenvalue weighted by atomic mass is 9.92. The van der Waals surface area contributed by atoms with E-state index in [-0.39, 0.29) is 5.69 Å². The van der Waals surface area contributed by atoms with Gasteiger partial charge in [-0.15, -0.1) is 0 Å². The quantitative estimate of drug-likeness (QED) is 0.886. The van der Waals surface area contributed by atoms with Crippen LogP contribution in [0.25, 0.3) is 0 Å². The van der Waals surface area contributed by atoms with Crippen LogP contribution in [-0.4, -0.2) is 24.8 Å². The van der Waals surface area contributed by atoms with E-state index in [1.54, 1.807) is 20.8 Å². The Bertz CT molecular complexity index is 576. The topological polar surface area (TPSA) is 50.4 Å². The van der Waals surface area contributed by atoms with E-state index in [0.717, 1.165) is 25.2 Å². The first-order valence-corrected chi connectivity index (χ1v) is 7.45. The number of alkyl halides is 3. The van der Waals surface area contributed by atoms with Crippen LogP contribution >= 0.6 is 0 Å². The van der Waals surface area contributed by atoms with Gasteiger partial charge in [0.25, 0.3) is 0 Å². The smallest absolute Gasteiger partial charge is 0.416 e. The van der Waals surface area contributed by atoms with Gasteiger partial charge in [-0.1, -0.05) is 6.07 Å². The summed E-state index contributed by atoms with van der Waals surface area (Å²) in [4.78, 5) is 11.9. The standard InChI is InChI=1S/C16H21F3N2O2/c1-15(2,3)23-14(22)21-13-7-12(16(17,18)19)5-4-11(13)6-10-8-20-9-10/h4-5,7,10,20H,6,8-9H2,1-3H3,(H,21,22). The van der Waals surface area contributed by atoms with Gasteiger partial charge in [0.15, 0.2) is 0 Å². The molecule has 1 amide bonds. The van der Waals surface area contributed by atoms with Crippen molar-refractivity contribution in [3.63, 3.8) is 0 Å². The third kappa shape index (κ3) is 5.13. The van der Waals surface area contributed by atoms with Crippen LogP contribution in [0.4, 0.5) is 23.7 Å². The first-order valence-electron chi connectivity index (χ1n) is 7.45. The minimum atomic E-state index is -4.46. The second kappa shape index (κ2) is 6.39. The molecular formula is C16H21F3N2O2. The molecule has 4 nitrogen and oxygen atoms in total. The highest BCUT2D eigenvalue weighted by Crippen LogP contribution is 2.33. The maximum Gasteiger partial charge on any atom is 0.416 e. The molecule has 1 heterocycles. The van der Waals surface area contributed by atoms with Crippen LogP contribution < -0.4 is 10.6 Å². The van der Waals surface area contributed by atoms with Crippen LogP contribution in [0.5, 0.6) is 0 Å². The van der Waals surface area contributed by atoms with Gasteiger partial charge in [-0.2, -0.15) is 13.2 Å². The van der Waals surface area contributed by atoms with Gasteiger partial charge in [0.2, 0.25) is 0 Å². The summed E-state index contributed by atoms with van der Waals surface area (Å²) in [7, 11) is 0. The van der Waals surface area contributed by atoms with Crippen molar-refractivity contribution in [3.8, 4) is 0 Å². The molecule has 0 spiro atoms. The largest absolute Gasteiger partial charge is 0.444 e. The van der Waals surface area contributed by atoms with E-state index >= 15 is 0 Å². The van der Waals surface area contributed by atoms with Crippen molar-refractivity contribution in [2.45, 2.75) is 39.0 Å². The van der Waals surface area contributed by atoms with E-state index in [1.165, 1.54) is 6.07 Å². The fraction of sp³-hybridized carbons (Fsp3) is 0.562. The van der Waals surface area contributed by atoms with E-state index in [1.807, 2.05) is 0 Å². The van der Waals surface area contributed by atoms with E-state index in [4.69, 9.17) is 4.74 Å². The molecule has 1 fully saturated rings. The number of benzene rings is 1. The minimum Gasteiger partial charge on any atom is -0.444 e. The highest BCUT2D eigenvalue weighted by molar-refractivity contribution is 5.86. The molecule has 0 aromatic heterocycles. The summed E-state index contributed by atoms with van der Waals surface area (Å²) in [5, 5.41) is 5.57. The molecule has 0 aliphatic carbocycles. The van der Waals surface area contributed by atoms with E-state index < -0.39 is 23.4 Å². The van der Waals surface area contributed by atoms with Crippen molar-refractivity contribution in [2.24, 2.45) is 5.92 Å². The van der Waals surface area contributed by atoms with Crippen LogP contribution in [0.15, 0.2) is 18.2 Å². The van der Waals surface area contributed by atoms with Crippen molar-refractivity contribution >= 4 is 11.8 Å². The number of halogens is 3. The fourth-order valence-electron chi connectivity index (χ4n) is 2.26. The predicted octanol–water partition coefficient (Wildman–Crippen LogP) is 3.81. The van der Waals surface area contributed by atoms with Crippen molar-refractivity contribution < 1.29 is 22.7 Å². The lowest BCUT2D eigenvalue weighted by Crippen LogP contribution is -2.43. The number of anilines is 1. The molecule has 1 aromatic carbocycles. The predicted molar refractivity (Wildman–Crippen MR) is 81.4 cm³/mol. The number of carbonyl (C=O) groups excluding carboxylic acids is 1. The Morgan fingerprint density at radius 1 is 1.30 bits per heavy atom. The van der Waals surface area contributed by atoms with E-state index in [0.29, 0.717) is 17.9 Å². The van der Waals surface area contributed by atoms with Gasteiger partial charge in [0.05, 0.1) is 5.56 Å². The Hall–Kier alpha value is -1.76. The van der Waals surface area contributed by atoms with Gasteiger partial charge >= 0.3 is 12.3 Å². The number of hydrogen-bond acceptors (Lipinski definition) is 3. The first kappa shape index (κ1) is 17.6. The molecule has 1 saturated heterocycles. The Labute approximate surface area is 133 Å². The molecular weight excluding hydrogens is 309 g/mol. The molecule has 1 aliphatic heterocycles. The normalized spacial score (nSPS) is 15.9. The molecule has 1 aliphatic rings. The maximum atomic E-state index is 12.9. The average molecular weight is 330 g/mol. The van der Waals surface area contributed by atoms with Crippen molar-refractivity contribution in [1.29, 1.82) is 0 Å². The van der Waals surface area contributed by atoms with Crippen LogP contribution in [0.1, 0.15) is 31.9 Å². The zero-order chi connectivity index (χ0) is 17.3. The molecule has 0 bridgehead atoms. The number of amides is 1. The number of carbonyl (C=O) groups is 1. The summed E-state index contributed by atoms with van der Waals surface area (Å²) in [5.41, 5.74) is -0.681. The van der Waals surface area contributed by atoms with Crippen molar-refractivity contribution in [3.05, 3.63) is 29.3 Å². The average Bonchev–Trinajstić information content (AvgIpc) is 2.31. The third-order valence-corrected chi connectivity index (χ3v) is 3.45. The number of nitrogens with one attached hydrogen (secondary N) is 2. The number of ether oxygens (including phenoxy) is 1. The molecule has 7 heteroatoms. The molecule has 0 unspecified atom stereocenters. The van der Waals surface area contributed by atoms with Gasteiger partial charge in [-0.05, 0) is 63.9 Å². The Morgan fingerprint density at radius 3 is 2.43 bits per heavy atom. The molecule has 128 valence electrons. The molecule has 1 aromatic rings. The second-order valence-corrected chi connectivity index (χ2v) is 6.72. The van der Waals surface area contributed by atoms with Gasteiger partial charge < -0.3 is 10.1 Å². The van der Waals surface area contributed by atoms with Crippen molar-refractivity contribution in [2.75, 3.05) is 18.4 Å². The monoisotopic (exact) mass is 330 g/mol. The number of rotatable bonds is 3. The Morgan fingerprint density at radius 2 is 1.96 bits per heavy atom. The third-order valence-electron chi connectivity index (χ3n) is 3.45. The van der Waals surface area contributed by atoms with Gasteiger partial charge in [-0.25, -0.2) is 4.79 Å². The van der Waals surface area contributed by atoms with Crippen LogP contribution in [0.2, 0.25) is 0 Å². The first-order chi connectivity index (χ1) is 10.5. The molecule has 23 heavy (non-hydrogen) atoms. The van der Waals surface area contributed by atoms with Crippen LogP contribution in [0.3, 0.4) is 0 Å². The Kier molecular flexibility index (Phi) is 4.89. The molecule has 0 atom stereocenters. The summed E-state index contributed by atoms with van der Waals surface area (Å²) in [6.45, 7) is 6.73. The lowest BCUT2D eigenvalue weighted by Gasteiger charge is -2.28. The zero-order valence-corrected chi connectivity index (χ0v) is 13.4. The zero-order valence-electron chi connectivity index (χ0n) is 13.4. The Balaban J connectivity index is 2.22. The summed E-state index contributed by atoms with van der Waals surface area (Å²) < 4.78 is 43.8. The lowest BCUT2D eigenvalue weighted by molar-refractivity contribution is -0.137. The molecule has 0 radical (unpaired) electrons. The highest BCUT2D eigenvalue weighted by atomic mass is 19.4. The molecule has 0 saturated carbocycles. The summed E-state index contributed by atoms with van der Waals surface area (Å²) in [6, 6.07) is 3.43. The SMILES string of the molecule is CC(C)(C)OC(=O)Nc1cc(C(F)(F)F)ccc1CC1CNC1. The van der Waals surface area contributed by atoms with Gasteiger partial charge in [0.1, 0.15) is 5.60 Å².